The fourth-order valence-electron chi connectivity index (χ4n) is 1.63. The molecular weight excluding hydrogens is 276 g/mol. The average molecular weight is 285 g/mol. The lowest BCUT2D eigenvalue weighted by Gasteiger charge is -2.04. The highest BCUT2D eigenvalue weighted by Crippen LogP contribution is 2.23. The van der Waals surface area contributed by atoms with E-state index >= 15 is 0 Å². The maximum Gasteiger partial charge on any atom is 0.319 e. The number of benzene rings is 2. The normalized spacial score (nSPS) is 11.6. The second-order valence-electron chi connectivity index (χ2n) is 3.81. The molecule has 0 unspecified atom stereocenters. The first kappa shape index (κ1) is 12.9. The van der Waals surface area contributed by atoms with Gasteiger partial charge in [-0.3, -0.25) is 4.79 Å². The molecule has 2 aromatic carbocycles. The van der Waals surface area contributed by atoms with Crippen LogP contribution < -0.4 is 0 Å². The summed E-state index contributed by atoms with van der Waals surface area (Å²) >= 11 is 5.82. The SMILES string of the molecule is O=C(O)CS(=O)(=O)c1ccc2cc(Cl)ccc2c1. The van der Waals surface area contributed by atoms with Gasteiger partial charge in [-0.2, -0.15) is 0 Å². The van der Waals surface area contributed by atoms with Gasteiger partial charge in [0.25, 0.3) is 0 Å². The van der Waals surface area contributed by atoms with E-state index in [4.69, 9.17) is 16.7 Å². The lowest BCUT2D eigenvalue weighted by Crippen LogP contribution is -2.15. The van der Waals surface area contributed by atoms with E-state index in [-0.39, 0.29) is 4.90 Å². The molecule has 0 fully saturated rings. The summed E-state index contributed by atoms with van der Waals surface area (Å²) in [5.41, 5.74) is 0. The molecule has 2 rings (SSSR count). The molecule has 2 aromatic rings. The van der Waals surface area contributed by atoms with Crippen LogP contribution in [0.15, 0.2) is 41.3 Å². The lowest BCUT2D eigenvalue weighted by molar-refractivity contribution is -0.134. The third-order valence-corrected chi connectivity index (χ3v) is 4.28. The smallest absolute Gasteiger partial charge is 0.319 e. The van der Waals surface area contributed by atoms with Gasteiger partial charge >= 0.3 is 5.97 Å². The number of rotatable bonds is 3. The molecular formula is C12H9ClO4S. The van der Waals surface area contributed by atoms with Crippen molar-refractivity contribution in [2.75, 3.05) is 5.75 Å². The van der Waals surface area contributed by atoms with Crippen molar-refractivity contribution in [2.45, 2.75) is 4.90 Å². The van der Waals surface area contributed by atoms with Crippen LogP contribution in [-0.4, -0.2) is 25.2 Å². The van der Waals surface area contributed by atoms with Crippen molar-refractivity contribution >= 4 is 38.2 Å². The van der Waals surface area contributed by atoms with Crippen molar-refractivity contribution in [2.24, 2.45) is 0 Å². The number of carboxylic acids is 1. The summed E-state index contributed by atoms with van der Waals surface area (Å²) in [5, 5.41) is 10.6. The second kappa shape index (κ2) is 4.59. The first-order valence-electron chi connectivity index (χ1n) is 5.02. The van der Waals surface area contributed by atoms with Crippen LogP contribution in [0.3, 0.4) is 0 Å². The number of fused-ring (bicyclic) bond motifs is 1. The molecule has 1 N–H and O–H groups in total. The molecule has 0 saturated carbocycles. The van der Waals surface area contributed by atoms with Crippen molar-refractivity contribution in [3.63, 3.8) is 0 Å². The monoisotopic (exact) mass is 284 g/mol. The van der Waals surface area contributed by atoms with E-state index in [1.165, 1.54) is 12.1 Å². The van der Waals surface area contributed by atoms with E-state index in [1.54, 1.807) is 24.3 Å². The summed E-state index contributed by atoms with van der Waals surface area (Å²) in [5.74, 6) is -2.28. The maximum absolute atomic E-state index is 11.7. The molecule has 6 heteroatoms. The molecule has 0 bridgehead atoms. The Labute approximate surface area is 109 Å². The van der Waals surface area contributed by atoms with Crippen molar-refractivity contribution in [3.8, 4) is 0 Å². The number of hydrogen-bond donors (Lipinski definition) is 1. The number of sulfone groups is 1. The van der Waals surface area contributed by atoms with Crippen LogP contribution in [0.2, 0.25) is 5.02 Å². The van der Waals surface area contributed by atoms with Crippen molar-refractivity contribution < 1.29 is 18.3 Å². The molecule has 0 aliphatic carbocycles. The van der Waals surface area contributed by atoms with E-state index in [1.807, 2.05) is 0 Å². The third-order valence-electron chi connectivity index (χ3n) is 2.45. The van der Waals surface area contributed by atoms with Crippen LogP contribution in [0, 0.1) is 0 Å². The van der Waals surface area contributed by atoms with E-state index in [0.29, 0.717) is 10.4 Å². The zero-order chi connectivity index (χ0) is 13.3. The number of halogens is 1. The topological polar surface area (TPSA) is 71.4 Å². The van der Waals surface area contributed by atoms with Gasteiger partial charge in [0.15, 0.2) is 15.6 Å². The van der Waals surface area contributed by atoms with Gasteiger partial charge in [-0.15, -0.1) is 0 Å². The minimum Gasteiger partial charge on any atom is -0.480 e. The first-order valence-corrected chi connectivity index (χ1v) is 7.05. The van der Waals surface area contributed by atoms with Crippen molar-refractivity contribution in [3.05, 3.63) is 41.4 Å². The highest BCUT2D eigenvalue weighted by atomic mass is 35.5. The molecule has 4 nitrogen and oxygen atoms in total. The van der Waals surface area contributed by atoms with Gasteiger partial charge in [-0.05, 0) is 35.0 Å². The van der Waals surface area contributed by atoms with Crippen LogP contribution in [-0.2, 0) is 14.6 Å². The molecule has 0 atom stereocenters. The van der Waals surface area contributed by atoms with Crippen LogP contribution in [0.4, 0.5) is 0 Å². The minimum atomic E-state index is -3.79. The summed E-state index contributed by atoms with van der Waals surface area (Å²) in [6, 6.07) is 9.50. The Balaban J connectivity index is 2.54. The summed E-state index contributed by atoms with van der Waals surface area (Å²) in [6.07, 6.45) is 0. The van der Waals surface area contributed by atoms with Crippen LogP contribution in [0.25, 0.3) is 10.8 Å². The summed E-state index contributed by atoms with van der Waals surface area (Å²) < 4.78 is 23.5. The molecule has 0 aromatic heterocycles. The average Bonchev–Trinajstić information content (AvgIpc) is 2.26. The summed E-state index contributed by atoms with van der Waals surface area (Å²) in [6.45, 7) is 0. The number of hydrogen-bond acceptors (Lipinski definition) is 3. The predicted octanol–water partition coefficient (Wildman–Crippen LogP) is 2.35. The Morgan fingerprint density at radius 1 is 1.11 bits per heavy atom. The molecule has 94 valence electrons. The summed E-state index contributed by atoms with van der Waals surface area (Å²) in [7, 11) is -3.79. The van der Waals surface area contributed by atoms with E-state index in [2.05, 4.69) is 0 Å². The molecule has 18 heavy (non-hydrogen) atoms. The Kier molecular flexibility index (Phi) is 3.28. The van der Waals surface area contributed by atoms with E-state index in [9.17, 15) is 13.2 Å². The maximum atomic E-state index is 11.7. The van der Waals surface area contributed by atoms with Gasteiger partial charge in [-0.25, -0.2) is 8.42 Å². The number of carbonyl (C=O) groups is 1. The fourth-order valence-corrected chi connectivity index (χ4v) is 2.89. The van der Waals surface area contributed by atoms with Crippen LogP contribution in [0.1, 0.15) is 0 Å². The predicted molar refractivity (Wildman–Crippen MR) is 68.6 cm³/mol. The van der Waals surface area contributed by atoms with Gasteiger partial charge in [0.1, 0.15) is 0 Å². The molecule has 0 aliphatic rings. The molecule has 0 heterocycles. The lowest BCUT2D eigenvalue weighted by atomic mass is 10.1. The Hall–Kier alpha value is -1.59. The van der Waals surface area contributed by atoms with Gasteiger partial charge < -0.3 is 5.11 Å². The Bertz CT molecular complexity index is 722. The van der Waals surface area contributed by atoms with Crippen LogP contribution in [0.5, 0.6) is 0 Å². The zero-order valence-corrected chi connectivity index (χ0v) is 10.7. The standard InChI is InChI=1S/C12H9ClO4S/c13-10-3-1-9-6-11(4-2-8(9)5-10)18(16,17)7-12(14)15/h1-6H,7H2,(H,14,15). The van der Waals surface area contributed by atoms with Gasteiger partial charge in [0, 0.05) is 5.02 Å². The van der Waals surface area contributed by atoms with Crippen molar-refractivity contribution in [1.82, 2.24) is 0 Å². The largest absolute Gasteiger partial charge is 0.480 e. The molecule has 0 amide bonds. The van der Waals surface area contributed by atoms with E-state index in [0.717, 1.165) is 5.39 Å². The van der Waals surface area contributed by atoms with Gasteiger partial charge in [-0.1, -0.05) is 23.7 Å². The highest BCUT2D eigenvalue weighted by molar-refractivity contribution is 7.92. The molecule has 0 radical (unpaired) electrons. The summed E-state index contributed by atoms with van der Waals surface area (Å²) in [4.78, 5) is 10.5. The number of carboxylic acid groups (broad SMARTS) is 1. The first-order chi connectivity index (χ1) is 8.38. The molecule has 0 spiro atoms. The Morgan fingerprint density at radius 2 is 1.72 bits per heavy atom. The Morgan fingerprint density at radius 3 is 2.39 bits per heavy atom. The molecule has 0 aliphatic heterocycles. The second-order valence-corrected chi connectivity index (χ2v) is 6.23. The van der Waals surface area contributed by atoms with Gasteiger partial charge in [0.05, 0.1) is 4.90 Å². The van der Waals surface area contributed by atoms with Gasteiger partial charge in [0.2, 0.25) is 0 Å². The van der Waals surface area contributed by atoms with Crippen molar-refractivity contribution in [1.29, 1.82) is 0 Å². The zero-order valence-electron chi connectivity index (χ0n) is 9.13. The minimum absolute atomic E-state index is 0.000257. The van der Waals surface area contributed by atoms with Crippen LogP contribution >= 0.6 is 11.6 Å². The fraction of sp³-hybridized carbons (Fsp3) is 0.0833. The number of aliphatic carboxylic acids is 1. The quantitative estimate of drug-likeness (QED) is 0.939. The molecule has 0 saturated heterocycles. The van der Waals surface area contributed by atoms with E-state index < -0.39 is 21.6 Å². The highest BCUT2D eigenvalue weighted by Gasteiger charge is 2.18. The third kappa shape index (κ3) is 2.63.